The second-order valence-electron chi connectivity index (χ2n) is 11.0. The fourth-order valence-electron chi connectivity index (χ4n) is 5.76. The summed E-state index contributed by atoms with van der Waals surface area (Å²) in [5.74, 6) is -1.29. The SMILES string of the molecule is CC[C@@H]1CN(c2nc(OCC3(N)CCOC3)nc3c(F)c(-c4cc(O)cc5ccccc45)c(F)cc23)C[C@@H](C)N1. The normalized spacial score (nSPS) is 23.3. The number of rotatable bonds is 6. The van der Waals surface area contributed by atoms with E-state index in [1.165, 1.54) is 12.1 Å². The van der Waals surface area contributed by atoms with Gasteiger partial charge in [0.15, 0.2) is 5.82 Å². The summed E-state index contributed by atoms with van der Waals surface area (Å²) in [6, 6.07) is 11.7. The van der Waals surface area contributed by atoms with E-state index < -0.39 is 17.2 Å². The van der Waals surface area contributed by atoms with Crippen LogP contribution in [0.25, 0.3) is 32.8 Å². The fraction of sp³-hybridized carbons (Fsp3) is 0.400. The lowest BCUT2D eigenvalue weighted by Gasteiger charge is -2.38. The van der Waals surface area contributed by atoms with Gasteiger partial charge in [-0.3, -0.25) is 0 Å². The Morgan fingerprint density at radius 3 is 2.77 bits per heavy atom. The van der Waals surface area contributed by atoms with Crippen LogP contribution in [-0.4, -0.2) is 65.6 Å². The summed E-state index contributed by atoms with van der Waals surface area (Å²) in [6.45, 7) is 6.35. The third-order valence-corrected chi connectivity index (χ3v) is 7.83. The summed E-state index contributed by atoms with van der Waals surface area (Å²) in [4.78, 5) is 11.1. The van der Waals surface area contributed by atoms with E-state index in [4.69, 9.17) is 15.2 Å². The summed E-state index contributed by atoms with van der Waals surface area (Å²) < 4.78 is 43.8. The zero-order valence-corrected chi connectivity index (χ0v) is 22.6. The monoisotopic (exact) mass is 549 g/mol. The van der Waals surface area contributed by atoms with E-state index in [2.05, 4.69) is 29.1 Å². The van der Waals surface area contributed by atoms with Crippen LogP contribution in [0.3, 0.4) is 0 Å². The zero-order valence-electron chi connectivity index (χ0n) is 22.6. The van der Waals surface area contributed by atoms with Gasteiger partial charge in [0.25, 0.3) is 0 Å². The highest BCUT2D eigenvalue weighted by atomic mass is 19.1. The van der Waals surface area contributed by atoms with Gasteiger partial charge in [-0.05, 0) is 54.3 Å². The molecule has 2 saturated heterocycles. The van der Waals surface area contributed by atoms with Crippen LogP contribution in [-0.2, 0) is 4.74 Å². The first-order valence-corrected chi connectivity index (χ1v) is 13.7. The predicted octanol–water partition coefficient (Wildman–Crippen LogP) is 4.51. The van der Waals surface area contributed by atoms with Crippen LogP contribution >= 0.6 is 0 Å². The van der Waals surface area contributed by atoms with Gasteiger partial charge in [0, 0.05) is 37.2 Å². The van der Waals surface area contributed by atoms with Crippen molar-refractivity contribution in [3.05, 3.63) is 54.1 Å². The maximum Gasteiger partial charge on any atom is 0.319 e. The molecule has 0 amide bonds. The van der Waals surface area contributed by atoms with Gasteiger partial charge >= 0.3 is 6.01 Å². The molecule has 8 nitrogen and oxygen atoms in total. The Morgan fingerprint density at radius 2 is 2.00 bits per heavy atom. The summed E-state index contributed by atoms with van der Waals surface area (Å²) in [6.07, 6.45) is 1.51. The first kappa shape index (κ1) is 26.6. The molecule has 6 rings (SSSR count). The Balaban J connectivity index is 1.53. The number of nitrogens with two attached hydrogens (primary N) is 1. The number of aromatic hydroxyl groups is 1. The van der Waals surface area contributed by atoms with Crippen molar-refractivity contribution in [2.24, 2.45) is 5.73 Å². The molecule has 3 heterocycles. The second kappa shape index (κ2) is 10.4. The summed E-state index contributed by atoms with van der Waals surface area (Å²) in [5.41, 5.74) is 5.62. The van der Waals surface area contributed by atoms with E-state index in [0.29, 0.717) is 49.3 Å². The Hall–Kier alpha value is -3.60. The summed E-state index contributed by atoms with van der Waals surface area (Å²) in [7, 11) is 0. The van der Waals surface area contributed by atoms with Crippen LogP contribution in [0.4, 0.5) is 14.6 Å². The minimum absolute atomic E-state index is 0.0318. The molecule has 2 aliphatic rings. The van der Waals surface area contributed by atoms with Crippen molar-refractivity contribution in [1.82, 2.24) is 15.3 Å². The van der Waals surface area contributed by atoms with Crippen LogP contribution in [0.1, 0.15) is 26.7 Å². The van der Waals surface area contributed by atoms with Crippen LogP contribution < -0.4 is 20.7 Å². The number of hydrogen-bond donors (Lipinski definition) is 3. The molecular weight excluding hydrogens is 516 g/mol. The van der Waals surface area contributed by atoms with Crippen molar-refractivity contribution >= 4 is 27.5 Å². The molecular formula is C30H33F2N5O3. The van der Waals surface area contributed by atoms with Gasteiger partial charge in [0.1, 0.15) is 29.5 Å². The molecule has 4 N–H and O–H groups in total. The van der Waals surface area contributed by atoms with Crippen LogP contribution in [0.5, 0.6) is 11.8 Å². The Kier molecular flexibility index (Phi) is 6.93. The second-order valence-corrected chi connectivity index (χ2v) is 11.0. The maximum absolute atomic E-state index is 16.5. The van der Waals surface area contributed by atoms with Crippen molar-refractivity contribution in [2.75, 3.05) is 37.8 Å². The molecule has 3 aromatic carbocycles. The number of phenolic OH excluding ortho intramolecular Hbond substituents is 1. The molecule has 3 atom stereocenters. The van der Waals surface area contributed by atoms with Gasteiger partial charge in [-0.15, -0.1) is 0 Å². The lowest BCUT2D eigenvalue weighted by atomic mass is 9.95. The number of piperazine rings is 1. The van der Waals surface area contributed by atoms with Gasteiger partial charge in [-0.1, -0.05) is 31.2 Å². The smallest absolute Gasteiger partial charge is 0.319 e. The maximum atomic E-state index is 16.5. The molecule has 2 aliphatic heterocycles. The highest BCUT2D eigenvalue weighted by Gasteiger charge is 2.33. The third kappa shape index (κ3) is 4.91. The van der Waals surface area contributed by atoms with Crippen molar-refractivity contribution in [3.8, 4) is 22.9 Å². The minimum atomic E-state index is -0.846. The molecule has 0 aliphatic carbocycles. The Labute approximate surface area is 231 Å². The molecule has 40 heavy (non-hydrogen) atoms. The van der Waals surface area contributed by atoms with Gasteiger partial charge in [-0.25, -0.2) is 8.78 Å². The number of nitrogens with one attached hydrogen (secondary N) is 1. The number of nitrogens with zero attached hydrogens (tertiary/aromatic N) is 3. The molecule has 10 heteroatoms. The highest BCUT2D eigenvalue weighted by molar-refractivity contribution is 6.01. The lowest BCUT2D eigenvalue weighted by molar-refractivity contribution is 0.147. The number of halogens is 2. The number of hydrogen-bond acceptors (Lipinski definition) is 8. The first-order valence-electron chi connectivity index (χ1n) is 13.7. The molecule has 0 bridgehead atoms. The quantitative estimate of drug-likeness (QED) is 0.323. The largest absolute Gasteiger partial charge is 0.508 e. The van der Waals surface area contributed by atoms with Gasteiger partial charge in [-0.2, -0.15) is 9.97 Å². The standard InChI is InChI=1S/C30H33F2N5O3/c1-3-19-14-37(13-17(2)34-19)28-23-12-24(31)25(22-11-20(38)10-18-6-4-5-7-21(18)22)26(32)27(23)35-29(36-28)40-16-30(33)8-9-39-15-30/h4-7,10-12,17,19,34,38H,3,8-9,13-16,33H2,1-2H3/t17-,19-,30?/m1/s1. The van der Waals surface area contributed by atoms with Crippen molar-refractivity contribution in [2.45, 2.75) is 44.3 Å². The molecule has 0 saturated carbocycles. The molecule has 210 valence electrons. The number of ether oxygens (including phenoxy) is 2. The number of phenols is 1. The minimum Gasteiger partial charge on any atom is -0.508 e. The van der Waals surface area contributed by atoms with Crippen molar-refractivity contribution in [3.63, 3.8) is 0 Å². The third-order valence-electron chi connectivity index (χ3n) is 7.83. The van der Waals surface area contributed by atoms with E-state index in [0.717, 1.165) is 6.42 Å². The van der Waals surface area contributed by atoms with E-state index in [9.17, 15) is 5.11 Å². The Bertz CT molecular complexity index is 1580. The molecule has 2 fully saturated rings. The summed E-state index contributed by atoms with van der Waals surface area (Å²) in [5, 5.41) is 15.5. The van der Waals surface area contributed by atoms with E-state index >= 15 is 8.78 Å². The molecule has 1 unspecified atom stereocenters. The average molecular weight is 550 g/mol. The average Bonchev–Trinajstić information content (AvgIpc) is 3.38. The van der Waals surface area contributed by atoms with Crippen LogP contribution in [0, 0.1) is 11.6 Å². The number of anilines is 1. The number of fused-ring (bicyclic) bond motifs is 2. The molecule has 0 spiro atoms. The van der Waals surface area contributed by atoms with Crippen molar-refractivity contribution in [1.29, 1.82) is 0 Å². The molecule has 1 aromatic heterocycles. The van der Waals surface area contributed by atoms with Gasteiger partial charge < -0.3 is 30.5 Å². The fourth-order valence-corrected chi connectivity index (χ4v) is 5.76. The number of benzene rings is 3. The Morgan fingerprint density at radius 1 is 1.18 bits per heavy atom. The summed E-state index contributed by atoms with van der Waals surface area (Å²) >= 11 is 0. The topological polar surface area (TPSA) is 106 Å². The van der Waals surface area contributed by atoms with Gasteiger partial charge in [0.2, 0.25) is 0 Å². The van der Waals surface area contributed by atoms with Crippen molar-refractivity contribution < 1.29 is 23.4 Å². The highest BCUT2D eigenvalue weighted by Crippen LogP contribution is 2.40. The van der Waals surface area contributed by atoms with Crippen LogP contribution in [0.15, 0.2) is 42.5 Å². The first-order chi connectivity index (χ1) is 19.2. The van der Waals surface area contributed by atoms with Crippen LogP contribution in [0.2, 0.25) is 0 Å². The van der Waals surface area contributed by atoms with E-state index in [1.807, 2.05) is 4.90 Å². The van der Waals surface area contributed by atoms with E-state index in [1.54, 1.807) is 30.3 Å². The molecule has 4 aromatic rings. The zero-order chi connectivity index (χ0) is 28.0. The number of aromatic nitrogens is 2. The lowest BCUT2D eigenvalue weighted by Crippen LogP contribution is -2.55. The molecule has 0 radical (unpaired) electrons. The van der Waals surface area contributed by atoms with E-state index in [-0.39, 0.29) is 52.5 Å². The predicted molar refractivity (Wildman–Crippen MR) is 151 cm³/mol. The van der Waals surface area contributed by atoms with Gasteiger partial charge in [0.05, 0.1) is 17.7 Å².